The Morgan fingerprint density at radius 1 is 1.43 bits per heavy atom. The van der Waals surface area contributed by atoms with Crippen LogP contribution in [0.2, 0.25) is 0 Å². The van der Waals surface area contributed by atoms with Crippen molar-refractivity contribution in [2.45, 2.75) is 37.8 Å². The van der Waals surface area contributed by atoms with Crippen LogP contribution in [0.5, 0.6) is 0 Å². The summed E-state index contributed by atoms with van der Waals surface area (Å²) in [6.45, 7) is 1.04. The molecule has 0 amide bonds. The maximum absolute atomic E-state index is 11.0. The van der Waals surface area contributed by atoms with Gasteiger partial charge in [0.05, 0.1) is 17.8 Å². The molecule has 2 aliphatic rings. The van der Waals surface area contributed by atoms with Gasteiger partial charge in [-0.2, -0.15) is 5.26 Å². The van der Waals surface area contributed by atoms with E-state index in [-0.39, 0.29) is 6.54 Å². The first-order valence-corrected chi connectivity index (χ1v) is 8.76. The topological polar surface area (TPSA) is 76.4 Å². The minimum Gasteiger partial charge on any atom is -0.480 e. The van der Waals surface area contributed by atoms with Crippen LogP contribution >= 0.6 is 15.9 Å². The lowest BCUT2D eigenvalue weighted by molar-refractivity contribution is -0.139. The van der Waals surface area contributed by atoms with Gasteiger partial charge >= 0.3 is 5.97 Å². The first kappa shape index (κ1) is 16.3. The maximum Gasteiger partial charge on any atom is 0.317 e. The predicted octanol–water partition coefficient (Wildman–Crippen LogP) is 3.06. The lowest BCUT2D eigenvalue weighted by atomic mass is 9.85. The van der Waals surface area contributed by atoms with Crippen LogP contribution in [0.3, 0.4) is 0 Å². The van der Waals surface area contributed by atoms with Crippen LogP contribution in [0, 0.1) is 17.2 Å². The summed E-state index contributed by atoms with van der Waals surface area (Å²) in [5, 5.41) is 21.7. The molecule has 0 radical (unpaired) electrons. The van der Waals surface area contributed by atoms with Crippen molar-refractivity contribution in [3.63, 3.8) is 0 Å². The van der Waals surface area contributed by atoms with Crippen LogP contribution in [-0.4, -0.2) is 41.1 Å². The molecule has 2 N–H and O–H groups in total. The second-order valence-electron chi connectivity index (χ2n) is 6.53. The van der Waals surface area contributed by atoms with E-state index >= 15 is 0 Å². The number of nitrogens with one attached hydrogen (secondary N) is 1. The Hall–Kier alpha value is -1.58. The van der Waals surface area contributed by atoms with Crippen LogP contribution in [-0.2, 0) is 4.79 Å². The molecule has 122 valence electrons. The highest BCUT2D eigenvalue weighted by Crippen LogP contribution is 2.35. The second kappa shape index (κ2) is 6.90. The molecule has 0 aromatic heterocycles. The van der Waals surface area contributed by atoms with E-state index in [1.165, 1.54) is 12.8 Å². The minimum atomic E-state index is -0.748. The molecule has 0 saturated heterocycles. The van der Waals surface area contributed by atoms with Crippen molar-refractivity contribution < 1.29 is 9.90 Å². The first-order chi connectivity index (χ1) is 11.0. The fourth-order valence-corrected chi connectivity index (χ4v) is 3.47. The Morgan fingerprint density at radius 3 is 2.78 bits per heavy atom. The number of carboxylic acid groups (broad SMARTS) is 1. The van der Waals surface area contributed by atoms with Gasteiger partial charge in [0, 0.05) is 23.1 Å². The quantitative estimate of drug-likeness (QED) is 0.763. The summed E-state index contributed by atoms with van der Waals surface area (Å²) >= 11 is 3.37. The second-order valence-corrected chi connectivity index (χ2v) is 7.45. The van der Waals surface area contributed by atoms with Gasteiger partial charge in [-0.1, -0.05) is 15.9 Å². The third kappa shape index (κ3) is 4.24. The first-order valence-electron chi connectivity index (χ1n) is 7.97. The van der Waals surface area contributed by atoms with E-state index in [2.05, 4.69) is 32.2 Å². The lowest BCUT2D eigenvalue weighted by Crippen LogP contribution is -2.52. The molecule has 5 nitrogen and oxygen atoms in total. The number of hydrogen-bond acceptors (Lipinski definition) is 4. The molecule has 1 aromatic rings. The van der Waals surface area contributed by atoms with Gasteiger partial charge in [0.15, 0.2) is 0 Å². The summed E-state index contributed by atoms with van der Waals surface area (Å²) in [5.41, 5.74) is 1.48. The number of carboxylic acids is 1. The smallest absolute Gasteiger partial charge is 0.317 e. The molecule has 3 rings (SSSR count). The number of halogens is 1. The van der Waals surface area contributed by atoms with Crippen LogP contribution in [0.15, 0.2) is 22.7 Å². The van der Waals surface area contributed by atoms with E-state index in [1.54, 1.807) is 0 Å². The number of hydrogen-bond donors (Lipinski definition) is 2. The highest BCUT2D eigenvalue weighted by molar-refractivity contribution is 9.10. The van der Waals surface area contributed by atoms with Crippen molar-refractivity contribution in [3.05, 3.63) is 28.2 Å². The monoisotopic (exact) mass is 377 g/mol. The molecule has 6 heteroatoms. The SMILES string of the molecule is N#Cc1cc(Br)ccc1NC1CC(N(CC(=O)O)CC2CC2)C1. The standard InChI is InChI=1S/C17H20BrN3O2/c18-13-3-4-16(12(5-13)8-19)20-14-6-15(7-14)21(10-17(22)23)9-11-1-2-11/h3-5,11,14-15,20H,1-2,6-7,9-10H2,(H,22,23). The molecule has 1 aromatic carbocycles. The highest BCUT2D eigenvalue weighted by Gasteiger charge is 2.37. The van der Waals surface area contributed by atoms with Gasteiger partial charge in [-0.25, -0.2) is 0 Å². The summed E-state index contributed by atoms with van der Waals surface area (Å²) in [6, 6.07) is 8.49. The van der Waals surface area contributed by atoms with Crippen molar-refractivity contribution in [3.8, 4) is 6.07 Å². The predicted molar refractivity (Wildman–Crippen MR) is 91.2 cm³/mol. The zero-order chi connectivity index (χ0) is 16.4. The van der Waals surface area contributed by atoms with E-state index in [1.807, 2.05) is 18.2 Å². The minimum absolute atomic E-state index is 0.135. The van der Waals surface area contributed by atoms with Crippen molar-refractivity contribution in [2.75, 3.05) is 18.4 Å². The third-order valence-electron chi connectivity index (χ3n) is 4.62. The number of rotatable bonds is 7. The summed E-state index contributed by atoms with van der Waals surface area (Å²) in [7, 11) is 0. The van der Waals surface area contributed by atoms with Gasteiger partial charge < -0.3 is 10.4 Å². The van der Waals surface area contributed by atoms with Crippen molar-refractivity contribution >= 4 is 27.6 Å². The summed E-state index contributed by atoms with van der Waals surface area (Å²) < 4.78 is 0.892. The van der Waals surface area contributed by atoms with Gasteiger partial charge in [0.2, 0.25) is 0 Å². The Bertz CT molecular complexity index is 633. The summed E-state index contributed by atoms with van der Waals surface area (Å²) in [5.74, 6) is -0.0558. The molecular formula is C17H20BrN3O2. The van der Waals surface area contributed by atoms with Crippen molar-refractivity contribution in [1.29, 1.82) is 5.26 Å². The number of anilines is 1. The summed E-state index contributed by atoms with van der Waals surface area (Å²) in [4.78, 5) is 13.2. The van der Waals surface area contributed by atoms with Gasteiger partial charge in [-0.05, 0) is 49.8 Å². The molecule has 0 spiro atoms. The van der Waals surface area contributed by atoms with E-state index in [4.69, 9.17) is 5.11 Å². The maximum atomic E-state index is 11.0. The number of nitrogens with zero attached hydrogens (tertiary/aromatic N) is 2. The van der Waals surface area contributed by atoms with E-state index in [0.29, 0.717) is 23.6 Å². The Labute approximate surface area is 144 Å². The zero-order valence-corrected chi connectivity index (χ0v) is 14.4. The van der Waals surface area contributed by atoms with Crippen molar-refractivity contribution in [2.24, 2.45) is 5.92 Å². The van der Waals surface area contributed by atoms with Crippen LogP contribution in [0.25, 0.3) is 0 Å². The average molecular weight is 378 g/mol. The molecule has 0 atom stereocenters. The third-order valence-corrected chi connectivity index (χ3v) is 5.11. The molecule has 0 unspecified atom stereocenters. The Morgan fingerprint density at radius 2 is 2.17 bits per heavy atom. The fourth-order valence-electron chi connectivity index (χ4n) is 3.11. The fraction of sp³-hybridized carbons (Fsp3) is 0.529. The van der Waals surface area contributed by atoms with E-state index in [9.17, 15) is 10.1 Å². The molecule has 2 saturated carbocycles. The van der Waals surface area contributed by atoms with Crippen molar-refractivity contribution in [1.82, 2.24) is 4.90 Å². The molecule has 0 heterocycles. The van der Waals surface area contributed by atoms with E-state index in [0.717, 1.165) is 29.5 Å². The lowest BCUT2D eigenvalue weighted by Gasteiger charge is -2.43. The normalized spacial score (nSPS) is 23.2. The number of benzene rings is 1. The van der Waals surface area contributed by atoms with Crippen LogP contribution in [0.1, 0.15) is 31.2 Å². The number of aliphatic carboxylic acids is 1. The largest absolute Gasteiger partial charge is 0.480 e. The summed E-state index contributed by atoms with van der Waals surface area (Å²) in [6.07, 6.45) is 4.33. The zero-order valence-electron chi connectivity index (χ0n) is 12.8. The highest BCUT2D eigenvalue weighted by atomic mass is 79.9. The van der Waals surface area contributed by atoms with Gasteiger partial charge in [-0.15, -0.1) is 0 Å². The Kier molecular flexibility index (Phi) is 4.88. The molecule has 2 aliphatic carbocycles. The number of nitriles is 1. The molecule has 2 fully saturated rings. The van der Waals surface area contributed by atoms with Crippen LogP contribution < -0.4 is 5.32 Å². The average Bonchev–Trinajstić information content (AvgIpc) is 3.26. The number of carbonyl (C=O) groups is 1. The van der Waals surface area contributed by atoms with Gasteiger partial charge in [0.25, 0.3) is 0 Å². The molecule has 0 aliphatic heterocycles. The van der Waals surface area contributed by atoms with E-state index < -0.39 is 5.97 Å². The molecule has 0 bridgehead atoms. The van der Waals surface area contributed by atoms with Gasteiger partial charge in [-0.3, -0.25) is 9.69 Å². The van der Waals surface area contributed by atoms with Crippen LogP contribution in [0.4, 0.5) is 5.69 Å². The molecule has 23 heavy (non-hydrogen) atoms. The molecular weight excluding hydrogens is 358 g/mol. The Balaban J connectivity index is 1.55. The van der Waals surface area contributed by atoms with Gasteiger partial charge in [0.1, 0.15) is 6.07 Å².